The van der Waals surface area contributed by atoms with Crippen molar-refractivity contribution in [1.82, 2.24) is 19.4 Å². The number of esters is 1. The van der Waals surface area contributed by atoms with E-state index >= 15 is 0 Å². The molecule has 1 aliphatic carbocycles. The summed E-state index contributed by atoms with van der Waals surface area (Å²) in [5, 5.41) is -0.0649. The van der Waals surface area contributed by atoms with E-state index in [-0.39, 0.29) is 60.0 Å². The summed E-state index contributed by atoms with van der Waals surface area (Å²) in [5.74, 6) is -0.526. The third kappa shape index (κ3) is 5.54. The number of methoxy groups -OCH3 is 1. The molecule has 9 nitrogen and oxygen atoms in total. The predicted molar refractivity (Wildman–Crippen MR) is 135 cm³/mol. The molecule has 0 spiro atoms. The van der Waals surface area contributed by atoms with Crippen LogP contribution in [0.15, 0.2) is 12.5 Å². The van der Waals surface area contributed by atoms with Crippen LogP contribution in [-0.4, -0.2) is 69.4 Å². The summed E-state index contributed by atoms with van der Waals surface area (Å²) < 4.78 is 55.1. The Morgan fingerprint density at radius 1 is 1.05 bits per heavy atom. The lowest BCUT2D eigenvalue weighted by Crippen LogP contribution is -2.59. The Morgan fingerprint density at radius 3 is 2.39 bits per heavy atom. The molecule has 1 saturated carbocycles. The number of rotatable bonds is 3. The lowest BCUT2D eigenvalue weighted by atomic mass is 9.85. The molecule has 3 heterocycles. The van der Waals surface area contributed by atoms with Crippen LogP contribution in [0.1, 0.15) is 71.9 Å². The molecule has 2 fully saturated rings. The summed E-state index contributed by atoms with van der Waals surface area (Å²) in [5.41, 5.74) is -1.28. The number of piperazine rings is 1. The molecular formula is C26H36F3N5O4. The average molecular weight is 540 g/mol. The Morgan fingerprint density at radius 2 is 1.76 bits per heavy atom. The van der Waals surface area contributed by atoms with Gasteiger partial charge in [0.25, 0.3) is 0 Å². The van der Waals surface area contributed by atoms with Crippen LogP contribution >= 0.6 is 0 Å². The van der Waals surface area contributed by atoms with Crippen LogP contribution in [0.3, 0.4) is 0 Å². The zero-order valence-electron chi connectivity index (χ0n) is 22.7. The first-order valence-electron chi connectivity index (χ1n) is 13.0. The second-order valence-electron chi connectivity index (χ2n) is 11.4. The molecule has 0 aromatic carbocycles. The van der Waals surface area contributed by atoms with E-state index in [1.165, 1.54) is 13.4 Å². The molecule has 0 bridgehead atoms. The number of anilines is 1. The summed E-state index contributed by atoms with van der Waals surface area (Å²) in [6, 6.07) is -0.962. The highest BCUT2D eigenvalue weighted by Crippen LogP contribution is 2.43. The van der Waals surface area contributed by atoms with Crippen LogP contribution in [0.25, 0.3) is 11.0 Å². The highest BCUT2D eigenvalue weighted by molar-refractivity contribution is 5.92. The number of ether oxygens (including phenoxy) is 2. The molecule has 1 aliphatic heterocycles. The van der Waals surface area contributed by atoms with Gasteiger partial charge in [-0.1, -0.05) is 6.42 Å². The molecule has 2 aromatic heterocycles. The maximum absolute atomic E-state index is 14.4. The number of alkyl halides is 3. The third-order valence-corrected chi connectivity index (χ3v) is 7.36. The number of halogens is 3. The average Bonchev–Trinajstić information content (AvgIpc) is 3.24. The van der Waals surface area contributed by atoms with Crippen molar-refractivity contribution in [2.75, 3.05) is 25.1 Å². The van der Waals surface area contributed by atoms with Gasteiger partial charge in [0.1, 0.15) is 23.4 Å². The standard InChI is InChI=1S/C26H36F3N5O4/c1-15-12-33(24(36)38-25(3,4)5)16(2)11-32(15)21-20-19(26(27,28)29)13-34(22(20)31-14-30-21)18-9-7-8-17(10-18)23(35)37-6/h13-18H,7-12H2,1-6H3/t15-,16+,17?,18?/m0/s1. The number of hydrogen-bond donors (Lipinski definition) is 0. The smallest absolute Gasteiger partial charge is 0.418 e. The molecule has 12 heteroatoms. The third-order valence-electron chi connectivity index (χ3n) is 7.36. The topological polar surface area (TPSA) is 89.8 Å². The maximum Gasteiger partial charge on any atom is 0.418 e. The van der Waals surface area contributed by atoms with Gasteiger partial charge in [0.05, 0.1) is 24.0 Å². The molecule has 2 unspecified atom stereocenters. The minimum absolute atomic E-state index is 0.0649. The van der Waals surface area contributed by atoms with E-state index in [2.05, 4.69) is 9.97 Å². The normalized spacial score (nSPS) is 25.0. The first kappa shape index (κ1) is 28.0. The quantitative estimate of drug-likeness (QED) is 0.496. The Balaban J connectivity index is 1.72. The summed E-state index contributed by atoms with van der Waals surface area (Å²) in [7, 11) is 1.32. The van der Waals surface area contributed by atoms with E-state index in [4.69, 9.17) is 9.47 Å². The minimum Gasteiger partial charge on any atom is -0.469 e. The number of carbonyl (C=O) groups is 2. The Labute approximate surface area is 220 Å². The van der Waals surface area contributed by atoms with Crippen molar-refractivity contribution >= 4 is 28.9 Å². The van der Waals surface area contributed by atoms with Crippen molar-refractivity contribution in [3.05, 3.63) is 18.1 Å². The zero-order valence-corrected chi connectivity index (χ0v) is 22.7. The fourth-order valence-corrected chi connectivity index (χ4v) is 5.57. The van der Waals surface area contributed by atoms with Gasteiger partial charge in [-0.05, 0) is 53.9 Å². The van der Waals surface area contributed by atoms with Gasteiger partial charge in [-0.15, -0.1) is 0 Å². The number of carbonyl (C=O) groups excluding carboxylic acids is 2. The second-order valence-corrected chi connectivity index (χ2v) is 11.4. The molecule has 38 heavy (non-hydrogen) atoms. The van der Waals surface area contributed by atoms with Gasteiger partial charge in [-0.25, -0.2) is 14.8 Å². The van der Waals surface area contributed by atoms with E-state index in [1.807, 2.05) is 18.7 Å². The number of nitrogens with zero attached hydrogens (tertiary/aromatic N) is 5. The van der Waals surface area contributed by atoms with Crippen molar-refractivity contribution in [2.45, 2.75) is 90.2 Å². The highest BCUT2D eigenvalue weighted by Gasteiger charge is 2.41. The van der Waals surface area contributed by atoms with Crippen molar-refractivity contribution in [3.63, 3.8) is 0 Å². The van der Waals surface area contributed by atoms with Crippen molar-refractivity contribution in [3.8, 4) is 0 Å². The Kier molecular flexibility index (Phi) is 7.55. The molecule has 210 valence electrons. The highest BCUT2D eigenvalue weighted by atomic mass is 19.4. The van der Waals surface area contributed by atoms with Crippen molar-refractivity contribution in [2.24, 2.45) is 5.92 Å². The van der Waals surface area contributed by atoms with E-state index in [1.54, 1.807) is 30.2 Å². The van der Waals surface area contributed by atoms with Gasteiger partial charge in [0.2, 0.25) is 0 Å². The van der Waals surface area contributed by atoms with Crippen molar-refractivity contribution in [1.29, 1.82) is 0 Å². The van der Waals surface area contributed by atoms with Gasteiger partial charge in [-0.3, -0.25) is 4.79 Å². The first-order valence-corrected chi connectivity index (χ1v) is 13.0. The fourth-order valence-electron chi connectivity index (χ4n) is 5.57. The van der Waals surface area contributed by atoms with Gasteiger partial charge >= 0.3 is 18.2 Å². The number of aromatic nitrogens is 3. The molecule has 1 saturated heterocycles. The zero-order chi connectivity index (χ0) is 28.0. The van der Waals surface area contributed by atoms with Crippen LogP contribution in [-0.2, 0) is 20.4 Å². The molecule has 0 radical (unpaired) electrons. The van der Waals surface area contributed by atoms with E-state index in [0.29, 0.717) is 25.7 Å². The molecule has 4 rings (SSSR count). The number of fused-ring (bicyclic) bond motifs is 1. The van der Waals surface area contributed by atoms with E-state index in [9.17, 15) is 22.8 Å². The first-order chi connectivity index (χ1) is 17.7. The summed E-state index contributed by atoms with van der Waals surface area (Å²) in [6.07, 6.45) is -0.331. The van der Waals surface area contributed by atoms with Crippen LogP contribution in [0.4, 0.5) is 23.8 Å². The molecule has 1 amide bonds. The monoisotopic (exact) mass is 539 g/mol. The molecule has 4 atom stereocenters. The molecule has 2 aliphatic rings. The molecular weight excluding hydrogens is 503 g/mol. The van der Waals surface area contributed by atoms with Crippen LogP contribution in [0.5, 0.6) is 0 Å². The van der Waals surface area contributed by atoms with E-state index < -0.39 is 23.4 Å². The SMILES string of the molecule is COC(=O)C1CCCC(n2cc(C(F)(F)F)c3c(N4C[C@@H](C)N(C(=O)OC(C)(C)C)C[C@@H]4C)ncnc32)C1. The summed E-state index contributed by atoms with van der Waals surface area (Å²) >= 11 is 0. The Bertz CT molecular complexity index is 1190. The van der Waals surface area contributed by atoms with Gasteiger partial charge < -0.3 is 23.8 Å². The fraction of sp³-hybridized carbons (Fsp3) is 0.692. The number of hydrogen-bond acceptors (Lipinski definition) is 7. The van der Waals surface area contributed by atoms with Gasteiger partial charge in [-0.2, -0.15) is 13.2 Å². The van der Waals surface area contributed by atoms with Gasteiger partial charge in [0, 0.05) is 37.4 Å². The molecule has 0 N–H and O–H groups in total. The number of amides is 1. The lowest BCUT2D eigenvalue weighted by molar-refractivity contribution is -0.147. The second kappa shape index (κ2) is 10.3. The predicted octanol–water partition coefficient (Wildman–Crippen LogP) is 5.19. The summed E-state index contributed by atoms with van der Waals surface area (Å²) in [6.45, 7) is 9.60. The lowest BCUT2D eigenvalue weighted by Gasteiger charge is -2.44. The molecule has 2 aromatic rings. The van der Waals surface area contributed by atoms with E-state index in [0.717, 1.165) is 6.20 Å². The largest absolute Gasteiger partial charge is 0.469 e. The van der Waals surface area contributed by atoms with Crippen molar-refractivity contribution < 1.29 is 32.2 Å². The van der Waals surface area contributed by atoms with Gasteiger partial charge in [0.15, 0.2) is 0 Å². The maximum atomic E-state index is 14.4. The van der Waals surface area contributed by atoms with Crippen LogP contribution in [0, 0.1) is 5.92 Å². The summed E-state index contributed by atoms with van der Waals surface area (Å²) in [4.78, 5) is 37.0. The van der Waals surface area contributed by atoms with Crippen LogP contribution < -0.4 is 4.90 Å². The minimum atomic E-state index is -4.63. The van der Waals surface area contributed by atoms with Crippen LogP contribution in [0.2, 0.25) is 0 Å². The Hall–Kier alpha value is -3.05.